The van der Waals surface area contributed by atoms with Gasteiger partial charge in [-0.2, -0.15) is 0 Å². The summed E-state index contributed by atoms with van der Waals surface area (Å²) in [7, 11) is -3.84. The van der Waals surface area contributed by atoms with Crippen LogP contribution in [0.2, 0.25) is 5.02 Å². The molecule has 30 heavy (non-hydrogen) atoms. The first-order valence-corrected chi connectivity index (χ1v) is 10.5. The van der Waals surface area contributed by atoms with E-state index in [9.17, 15) is 23.3 Å². The van der Waals surface area contributed by atoms with Crippen LogP contribution in [0.15, 0.2) is 71.6 Å². The van der Waals surface area contributed by atoms with E-state index < -0.39 is 20.9 Å². The highest BCUT2D eigenvalue weighted by atomic mass is 35.5. The summed E-state index contributed by atoms with van der Waals surface area (Å²) in [6, 6.07) is 15.6. The van der Waals surface area contributed by atoms with Crippen molar-refractivity contribution in [3.05, 3.63) is 93.0 Å². The fourth-order valence-corrected chi connectivity index (χ4v) is 3.76. The first-order valence-electron chi connectivity index (χ1n) is 8.60. The molecule has 3 rings (SSSR count). The summed E-state index contributed by atoms with van der Waals surface area (Å²) in [6.45, 7) is 1.81. The second-order valence-electron chi connectivity index (χ2n) is 6.35. The van der Waals surface area contributed by atoms with Crippen molar-refractivity contribution in [3.8, 4) is 0 Å². The Bertz CT molecular complexity index is 1210. The van der Waals surface area contributed by atoms with Gasteiger partial charge >= 0.3 is 0 Å². The van der Waals surface area contributed by atoms with E-state index in [0.717, 1.165) is 5.56 Å². The zero-order valence-corrected chi connectivity index (χ0v) is 17.2. The average molecular weight is 446 g/mol. The van der Waals surface area contributed by atoms with Crippen molar-refractivity contribution in [1.82, 2.24) is 0 Å². The van der Waals surface area contributed by atoms with Crippen molar-refractivity contribution >= 4 is 44.6 Å². The zero-order chi connectivity index (χ0) is 21.9. The quantitative estimate of drug-likeness (QED) is 0.424. The summed E-state index contributed by atoms with van der Waals surface area (Å²) in [5.74, 6) is -0.479. The van der Waals surface area contributed by atoms with Crippen LogP contribution in [0.1, 0.15) is 15.9 Å². The molecule has 0 saturated carbocycles. The topological polar surface area (TPSA) is 118 Å². The Labute approximate surface area is 177 Å². The minimum Gasteiger partial charge on any atom is -0.322 e. The number of anilines is 2. The highest BCUT2D eigenvalue weighted by molar-refractivity contribution is 7.92. The number of hydrogen-bond acceptors (Lipinski definition) is 5. The van der Waals surface area contributed by atoms with Crippen LogP contribution >= 0.6 is 11.6 Å². The van der Waals surface area contributed by atoms with E-state index in [-0.39, 0.29) is 16.1 Å². The van der Waals surface area contributed by atoms with Gasteiger partial charge in [-0.15, -0.1) is 0 Å². The van der Waals surface area contributed by atoms with Gasteiger partial charge in [-0.25, -0.2) is 8.42 Å². The average Bonchev–Trinajstić information content (AvgIpc) is 2.71. The number of sulfonamides is 1. The molecule has 0 aliphatic heterocycles. The van der Waals surface area contributed by atoms with Gasteiger partial charge in [-0.1, -0.05) is 17.7 Å². The monoisotopic (exact) mass is 445 g/mol. The first kappa shape index (κ1) is 21.3. The standard InChI is InChI=1S/C20H16ClN3O5S/c1-13-2-5-16(12-19(13)21)23-30(28,29)18-10-6-15(7-11-18)22-20(25)14-3-8-17(9-4-14)24(26)27/h2-12,23H,1H3,(H,22,25). The Balaban J connectivity index is 1.71. The molecule has 0 fully saturated rings. The first-order chi connectivity index (χ1) is 14.2. The molecule has 0 unspecified atom stereocenters. The molecule has 0 aliphatic carbocycles. The second kappa shape index (κ2) is 8.52. The summed E-state index contributed by atoms with van der Waals surface area (Å²) in [5.41, 5.74) is 1.64. The minimum atomic E-state index is -3.84. The van der Waals surface area contributed by atoms with Gasteiger partial charge in [-0.05, 0) is 61.0 Å². The molecule has 0 heterocycles. The van der Waals surface area contributed by atoms with Crippen LogP contribution in [-0.2, 0) is 10.0 Å². The van der Waals surface area contributed by atoms with Crippen LogP contribution in [0, 0.1) is 17.0 Å². The second-order valence-corrected chi connectivity index (χ2v) is 8.44. The summed E-state index contributed by atoms with van der Waals surface area (Å²) >= 11 is 6.02. The van der Waals surface area contributed by atoms with Crippen LogP contribution < -0.4 is 10.0 Å². The van der Waals surface area contributed by atoms with Crippen LogP contribution in [-0.4, -0.2) is 19.2 Å². The smallest absolute Gasteiger partial charge is 0.269 e. The van der Waals surface area contributed by atoms with Gasteiger partial charge in [0, 0.05) is 28.4 Å². The van der Waals surface area contributed by atoms with Gasteiger partial charge in [0.2, 0.25) is 0 Å². The molecule has 0 radical (unpaired) electrons. The number of nitro benzene ring substituents is 1. The van der Waals surface area contributed by atoms with E-state index >= 15 is 0 Å². The largest absolute Gasteiger partial charge is 0.322 e. The number of non-ortho nitro benzene ring substituents is 1. The van der Waals surface area contributed by atoms with Gasteiger partial charge < -0.3 is 5.32 Å². The molecule has 8 nitrogen and oxygen atoms in total. The van der Waals surface area contributed by atoms with E-state index in [1.54, 1.807) is 12.1 Å². The molecule has 0 spiro atoms. The Kier molecular flexibility index (Phi) is 6.04. The fraction of sp³-hybridized carbons (Fsp3) is 0.0500. The Morgan fingerprint density at radius 3 is 2.13 bits per heavy atom. The van der Waals surface area contributed by atoms with Gasteiger partial charge in [0.1, 0.15) is 0 Å². The molecule has 1 amide bonds. The lowest BCUT2D eigenvalue weighted by Gasteiger charge is -2.10. The fourth-order valence-electron chi connectivity index (χ4n) is 2.53. The number of hydrogen-bond donors (Lipinski definition) is 2. The van der Waals surface area contributed by atoms with Crippen LogP contribution in [0.3, 0.4) is 0 Å². The van der Waals surface area contributed by atoms with Gasteiger partial charge in [0.15, 0.2) is 0 Å². The van der Waals surface area contributed by atoms with E-state index in [0.29, 0.717) is 16.4 Å². The summed E-state index contributed by atoms with van der Waals surface area (Å²) < 4.78 is 27.5. The number of benzene rings is 3. The van der Waals surface area contributed by atoms with E-state index in [2.05, 4.69) is 10.0 Å². The molecule has 0 aromatic heterocycles. The molecular weight excluding hydrogens is 430 g/mol. The van der Waals surface area contributed by atoms with Crippen molar-refractivity contribution in [3.63, 3.8) is 0 Å². The molecule has 3 aromatic rings. The number of nitrogens with one attached hydrogen (secondary N) is 2. The maximum atomic E-state index is 12.5. The molecular formula is C20H16ClN3O5S. The van der Waals surface area contributed by atoms with Gasteiger partial charge in [0.25, 0.3) is 21.6 Å². The molecule has 0 saturated heterocycles. The molecule has 154 valence electrons. The highest BCUT2D eigenvalue weighted by Crippen LogP contribution is 2.23. The number of halogens is 1. The number of aryl methyl sites for hydroxylation is 1. The van der Waals surface area contributed by atoms with Gasteiger partial charge in [-0.3, -0.25) is 19.6 Å². The number of carbonyl (C=O) groups is 1. The number of amides is 1. The lowest BCUT2D eigenvalue weighted by atomic mass is 10.2. The molecule has 2 N–H and O–H groups in total. The van der Waals surface area contributed by atoms with E-state index in [4.69, 9.17) is 11.6 Å². The third-order valence-electron chi connectivity index (χ3n) is 4.19. The summed E-state index contributed by atoms with van der Waals surface area (Å²) in [4.78, 5) is 22.4. The van der Waals surface area contributed by atoms with Crippen molar-refractivity contribution < 1.29 is 18.1 Å². The minimum absolute atomic E-state index is 0.00697. The lowest BCUT2D eigenvalue weighted by Crippen LogP contribution is -2.14. The molecule has 0 aliphatic rings. The van der Waals surface area contributed by atoms with E-state index in [1.807, 2.05) is 6.92 Å². The van der Waals surface area contributed by atoms with Crippen LogP contribution in [0.25, 0.3) is 0 Å². The van der Waals surface area contributed by atoms with Crippen molar-refractivity contribution in [2.24, 2.45) is 0 Å². The molecule has 3 aromatic carbocycles. The van der Waals surface area contributed by atoms with Crippen LogP contribution in [0.5, 0.6) is 0 Å². The summed E-state index contributed by atoms with van der Waals surface area (Å²) in [5, 5.41) is 13.7. The van der Waals surface area contributed by atoms with Gasteiger partial charge in [0.05, 0.1) is 15.5 Å². The van der Waals surface area contributed by atoms with Crippen molar-refractivity contribution in [1.29, 1.82) is 0 Å². The summed E-state index contributed by atoms with van der Waals surface area (Å²) in [6.07, 6.45) is 0. The maximum absolute atomic E-state index is 12.5. The lowest BCUT2D eigenvalue weighted by molar-refractivity contribution is -0.384. The van der Waals surface area contributed by atoms with Crippen LogP contribution in [0.4, 0.5) is 17.1 Å². The number of rotatable bonds is 6. The number of nitro groups is 1. The predicted octanol–water partition coefficient (Wildman–Crippen LogP) is 4.61. The van der Waals surface area contributed by atoms with Crippen molar-refractivity contribution in [2.75, 3.05) is 10.0 Å². The highest BCUT2D eigenvalue weighted by Gasteiger charge is 2.15. The molecule has 0 bridgehead atoms. The third kappa shape index (κ3) is 4.94. The number of nitrogens with zero attached hydrogens (tertiary/aromatic N) is 1. The maximum Gasteiger partial charge on any atom is 0.269 e. The molecule has 10 heteroatoms. The normalized spacial score (nSPS) is 11.0. The Hall–Kier alpha value is -3.43. The predicted molar refractivity (Wildman–Crippen MR) is 114 cm³/mol. The zero-order valence-electron chi connectivity index (χ0n) is 15.6. The molecule has 0 atom stereocenters. The Morgan fingerprint density at radius 2 is 1.57 bits per heavy atom. The SMILES string of the molecule is Cc1ccc(NS(=O)(=O)c2ccc(NC(=O)c3ccc([N+](=O)[O-])cc3)cc2)cc1Cl. The third-order valence-corrected chi connectivity index (χ3v) is 5.99. The Morgan fingerprint density at radius 1 is 0.967 bits per heavy atom. The van der Waals surface area contributed by atoms with E-state index in [1.165, 1.54) is 54.6 Å². The van der Waals surface area contributed by atoms with Crippen molar-refractivity contribution in [2.45, 2.75) is 11.8 Å². The number of carbonyl (C=O) groups excluding carboxylic acids is 1.